The molecule has 2 aromatic rings. The van der Waals surface area contributed by atoms with Crippen molar-refractivity contribution in [2.45, 2.75) is 25.7 Å². The number of aryl methyl sites for hydroxylation is 2. The molecule has 0 fully saturated rings. The molecule has 0 bridgehead atoms. The second kappa shape index (κ2) is 7.06. The summed E-state index contributed by atoms with van der Waals surface area (Å²) in [6.07, 6.45) is 0.804. The van der Waals surface area contributed by atoms with Gasteiger partial charge in [-0.25, -0.2) is 4.39 Å². The van der Waals surface area contributed by atoms with Crippen molar-refractivity contribution in [1.29, 1.82) is 0 Å². The van der Waals surface area contributed by atoms with Gasteiger partial charge in [0.15, 0.2) is 0 Å². The van der Waals surface area contributed by atoms with Gasteiger partial charge in [-0.2, -0.15) is 0 Å². The average Bonchev–Trinajstić information content (AvgIpc) is 2.49. The molecule has 0 heterocycles. The summed E-state index contributed by atoms with van der Waals surface area (Å²) in [5.74, 6) is -0.137. The molecule has 0 aliphatic carbocycles. The highest BCUT2D eigenvalue weighted by molar-refractivity contribution is 9.09. The highest BCUT2D eigenvalue weighted by atomic mass is 79.9. The van der Waals surface area contributed by atoms with Crippen LogP contribution in [0.2, 0.25) is 0 Å². The van der Waals surface area contributed by atoms with Gasteiger partial charge in [-0.1, -0.05) is 73.8 Å². The second-order valence-electron chi connectivity index (χ2n) is 5.63. The molecule has 3 heteroatoms. The predicted octanol–water partition coefficient (Wildman–Crippen LogP) is 5.71. The summed E-state index contributed by atoms with van der Waals surface area (Å²) >= 11 is 7.22. The van der Waals surface area contributed by atoms with E-state index in [2.05, 4.69) is 63.9 Å². The Bertz CT molecular complexity index is 618. The Labute approximate surface area is 143 Å². The Hall–Kier alpha value is -0.670. The van der Waals surface area contributed by atoms with E-state index in [0.717, 1.165) is 12.0 Å². The fourth-order valence-electron chi connectivity index (χ4n) is 2.62. The lowest BCUT2D eigenvalue weighted by Gasteiger charge is -2.32. The molecular weight excluding hydrogens is 395 g/mol. The molecule has 0 amide bonds. The van der Waals surface area contributed by atoms with E-state index in [1.807, 2.05) is 12.1 Å². The lowest BCUT2D eigenvalue weighted by Crippen LogP contribution is -2.34. The van der Waals surface area contributed by atoms with Crippen molar-refractivity contribution in [2.24, 2.45) is 0 Å². The van der Waals surface area contributed by atoms with Crippen molar-refractivity contribution in [2.75, 3.05) is 10.7 Å². The van der Waals surface area contributed by atoms with Crippen molar-refractivity contribution in [3.8, 4) is 0 Å². The summed E-state index contributed by atoms with van der Waals surface area (Å²) < 4.78 is 14.3. The van der Waals surface area contributed by atoms with Crippen LogP contribution in [-0.4, -0.2) is 10.7 Å². The molecule has 21 heavy (non-hydrogen) atoms. The van der Waals surface area contributed by atoms with Crippen LogP contribution in [-0.2, 0) is 11.8 Å². The molecule has 0 spiro atoms. The molecular formula is C18H19Br2F. The first-order valence-corrected chi connectivity index (χ1v) is 9.20. The van der Waals surface area contributed by atoms with E-state index in [9.17, 15) is 4.39 Å². The lowest BCUT2D eigenvalue weighted by molar-refractivity contribution is 0.500. The molecule has 0 aliphatic heterocycles. The molecule has 2 rings (SSSR count). The van der Waals surface area contributed by atoms with Gasteiger partial charge in [-0.15, -0.1) is 0 Å². The Morgan fingerprint density at radius 1 is 1.00 bits per heavy atom. The Balaban J connectivity index is 2.48. The smallest absolute Gasteiger partial charge is 0.127 e. The molecule has 0 atom stereocenters. The Morgan fingerprint density at radius 3 is 2.29 bits per heavy atom. The Morgan fingerprint density at radius 2 is 1.67 bits per heavy atom. The zero-order valence-electron chi connectivity index (χ0n) is 12.3. The molecule has 0 radical (unpaired) electrons. The fraction of sp³-hybridized carbons (Fsp3) is 0.333. The average molecular weight is 414 g/mol. The molecule has 0 saturated carbocycles. The number of benzene rings is 2. The summed E-state index contributed by atoms with van der Waals surface area (Å²) in [6, 6.07) is 13.5. The van der Waals surface area contributed by atoms with Crippen molar-refractivity contribution in [3.63, 3.8) is 0 Å². The van der Waals surface area contributed by atoms with Gasteiger partial charge >= 0.3 is 0 Å². The zero-order chi connectivity index (χ0) is 15.5. The first kappa shape index (κ1) is 16.7. The van der Waals surface area contributed by atoms with Crippen LogP contribution in [0, 0.1) is 19.7 Å². The highest BCUT2D eigenvalue weighted by Crippen LogP contribution is 2.35. The quantitative estimate of drug-likeness (QED) is 0.550. The molecule has 0 saturated heterocycles. The fourth-order valence-corrected chi connectivity index (χ4v) is 4.55. The van der Waals surface area contributed by atoms with Gasteiger partial charge in [0.2, 0.25) is 0 Å². The predicted molar refractivity (Wildman–Crippen MR) is 95.3 cm³/mol. The van der Waals surface area contributed by atoms with Crippen LogP contribution in [0.5, 0.6) is 0 Å². The molecule has 0 aliphatic rings. The van der Waals surface area contributed by atoms with Gasteiger partial charge in [0, 0.05) is 16.1 Å². The van der Waals surface area contributed by atoms with Gasteiger partial charge < -0.3 is 0 Å². The molecule has 0 aromatic heterocycles. The summed E-state index contributed by atoms with van der Waals surface area (Å²) in [5.41, 5.74) is 4.24. The third kappa shape index (κ3) is 3.57. The second-order valence-corrected chi connectivity index (χ2v) is 6.76. The SMILES string of the molecule is Cc1ccc(C)c(CC(CBr)(CBr)c2ccccc2F)c1. The van der Waals surface area contributed by atoms with Crippen molar-refractivity contribution in [3.05, 3.63) is 70.5 Å². The van der Waals surface area contributed by atoms with Crippen molar-refractivity contribution < 1.29 is 4.39 Å². The van der Waals surface area contributed by atoms with Crippen LogP contribution in [0.3, 0.4) is 0 Å². The third-order valence-electron chi connectivity index (χ3n) is 3.99. The molecule has 0 N–H and O–H groups in total. The van der Waals surface area contributed by atoms with Crippen molar-refractivity contribution >= 4 is 31.9 Å². The number of halogens is 3. The number of hydrogen-bond donors (Lipinski definition) is 0. The van der Waals surface area contributed by atoms with Crippen molar-refractivity contribution in [1.82, 2.24) is 0 Å². The molecule has 0 unspecified atom stereocenters. The standard InChI is InChI=1S/C18H19Br2F/c1-13-7-8-14(2)15(9-13)10-18(11-19,12-20)16-5-3-4-6-17(16)21/h3-9H,10-12H2,1-2H3. The maximum Gasteiger partial charge on any atom is 0.127 e. The molecule has 0 nitrogen and oxygen atoms in total. The number of alkyl halides is 2. The van der Waals surface area contributed by atoms with Gasteiger partial charge in [0.1, 0.15) is 5.82 Å². The molecule has 112 valence electrons. The van der Waals surface area contributed by atoms with E-state index in [4.69, 9.17) is 0 Å². The summed E-state index contributed by atoms with van der Waals surface area (Å²) in [5, 5.41) is 1.42. The highest BCUT2D eigenvalue weighted by Gasteiger charge is 2.33. The first-order chi connectivity index (χ1) is 10.0. The van der Waals surface area contributed by atoms with Gasteiger partial charge in [-0.05, 0) is 43.0 Å². The minimum atomic E-state index is -0.288. The van der Waals surface area contributed by atoms with Crippen LogP contribution >= 0.6 is 31.9 Å². The minimum Gasteiger partial charge on any atom is -0.207 e. The van der Waals surface area contributed by atoms with E-state index < -0.39 is 0 Å². The number of rotatable bonds is 5. The van der Waals surface area contributed by atoms with E-state index in [1.54, 1.807) is 12.1 Å². The topological polar surface area (TPSA) is 0 Å². The van der Waals surface area contributed by atoms with E-state index >= 15 is 0 Å². The molecule has 2 aromatic carbocycles. The van der Waals surface area contributed by atoms with Gasteiger partial charge in [0.05, 0.1) is 0 Å². The van der Waals surface area contributed by atoms with Crippen LogP contribution < -0.4 is 0 Å². The third-order valence-corrected chi connectivity index (χ3v) is 6.14. The summed E-state index contributed by atoms with van der Waals surface area (Å²) in [4.78, 5) is 0. The zero-order valence-corrected chi connectivity index (χ0v) is 15.5. The summed E-state index contributed by atoms with van der Waals surface area (Å²) in [6.45, 7) is 4.21. The van der Waals surface area contributed by atoms with E-state index in [1.165, 1.54) is 16.7 Å². The van der Waals surface area contributed by atoms with Crippen LogP contribution in [0.25, 0.3) is 0 Å². The number of hydrogen-bond acceptors (Lipinski definition) is 0. The Kier molecular flexibility index (Phi) is 5.61. The van der Waals surface area contributed by atoms with Crippen LogP contribution in [0.1, 0.15) is 22.3 Å². The minimum absolute atomic E-state index is 0.137. The summed E-state index contributed by atoms with van der Waals surface area (Å²) in [7, 11) is 0. The largest absolute Gasteiger partial charge is 0.207 e. The van der Waals surface area contributed by atoms with Crippen LogP contribution in [0.4, 0.5) is 4.39 Å². The lowest BCUT2D eigenvalue weighted by atomic mass is 9.77. The normalized spacial score (nSPS) is 11.7. The monoisotopic (exact) mass is 412 g/mol. The maximum absolute atomic E-state index is 14.3. The first-order valence-electron chi connectivity index (χ1n) is 6.95. The van der Waals surface area contributed by atoms with Gasteiger partial charge in [-0.3, -0.25) is 0 Å². The van der Waals surface area contributed by atoms with E-state index in [0.29, 0.717) is 10.7 Å². The van der Waals surface area contributed by atoms with Crippen LogP contribution in [0.15, 0.2) is 42.5 Å². The van der Waals surface area contributed by atoms with Gasteiger partial charge in [0.25, 0.3) is 0 Å². The van der Waals surface area contributed by atoms with E-state index in [-0.39, 0.29) is 11.2 Å². The maximum atomic E-state index is 14.3.